The van der Waals surface area contributed by atoms with Crippen LogP contribution in [0.3, 0.4) is 0 Å². The van der Waals surface area contributed by atoms with Crippen molar-refractivity contribution in [1.29, 1.82) is 0 Å². The SMILES string of the molecule is CCC1CCN(C(=O)C2COCC2NC)C(C(=O)O)C1. The van der Waals surface area contributed by atoms with Gasteiger partial charge in [0.2, 0.25) is 5.91 Å². The summed E-state index contributed by atoms with van der Waals surface area (Å²) in [6, 6.07) is -0.694. The van der Waals surface area contributed by atoms with E-state index >= 15 is 0 Å². The van der Waals surface area contributed by atoms with Gasteiger partial charge in [0.15, 0.2) is 0 Å². The molecule has 2 saturated heterocycles. The van der Waals surface area contributed by atoms with Gasteiger partial charge in [0, 0.05) is 12.6 Å². The molecule has 0 aromatic carbocycles. The summed E-state index contributed by atoms with van der Waals surface area (Å²) >= 11 is 0. The third-order valence-electron chi connectivity index (χ3n) is 4.63. The molecule has 0 spiro atoms. The van der Waals surface area contributed by atoms with Crippen LogP contribution < -0.4 is 5.32 Å². The Bertz CT molecular complexity index is 374. The van der Waals surface area contributed by atoms with Gasteiger partial charge in [-0.1, -0.05) is 13.3 Å². The topological polar surface area (TPSA) is 78.9 Å². The first-order chi connectivity index (χ1) is 9.58. The lowest BCUT2D eigenvalue weighted by Crippen LogP contribution is -2.54. The molecule has 0 aromatic rings. The number of nitrogens with one attached hydrogen (secondary N) is 1. The van der Waals surface area contributed by atoms with Crippen LogP contribution in [-0.4, -0.2) is 60.8 Å². The molecule has 2 rings (SSSR count). The number of carbonyl (C=O) groups excluding carboxylic acids is 1. The Kier molecular flexibility index (Phi) is 4.99. The predicted octanol–water partition coefficient (Wildman–Crippen LogP) is 0.323. The minimum Gasteiger partial charge on any atom is -0.480 e. The van der Waals surface area contributed by atoms with E-state index in [1.54, 1.807) is 11.9 Å². The summed E-state index contributed by atoms with van der Waals surface area (Å²) < 4.78 is 5.35. The third kappa shape index (κ3) is 2.96. The highest BCUT2D eigenvalue weighted by molar-refractivity contribution is 5.86. The quantitative estimate of drug-likeness (QED) is 0.777. The summed E-state index contributed by atoms with van der Waals surface area (Å²) in [4.78, 5) is 25.6. The summed E-state index contributed by atoms with van der Waals surface area (Å²) in [6.07, 6.45) is 2.43. The average molecular weight is 284 g/mol. The molecule has 2 N–H and O–H groups in total. The van der Waals surface area contributed by atoms with Crippen LogP contribution in [0.5, 0.6) is 0 Å². The summed E-state index contributed by atoms with van der Waals surface area (Å²) in [7, 11) is 1.80. The Labute approximate surface area is 119 Å². The largest absolute Gasteiger partial charge is 0.480 e. The molecule has 4 atom stereocenters. The lowest BCUT2D eigenvalue weighted by Gasteiger charge is -2.38. The number of hydrogen-bond donors (Lipinski definition) is 2. The number of hydrogen-bond acceptors (Lipinski definition) is 4. The molecule has 2 aliphatic rings. The second-order valence-corrected chi connectivity index (χ2v) is 5.72. The average Bonchev–Trinajstić information content (AvgIpc) is 2.94. The van der Waals surface area contributed by atoms with E-state index in [-0.39, 0.29) is 17.9 Å². The molecule has 0 bridgehead atoms. The first kappa shape index (κ1) is 15.3. The van der Waals surface area contributed by atoms with Gasteiger partial charge in [0.05, 0.1) is 19.1 Å². The number of carbonyl (C=O) groups is 2. The van der Waals surface area contributed by atoms with Crippen LogP contribution in [0.25, 0.3) is 0 Å². The summed E-state index contributed by atoms with van der Waals surface area (Å²) in [6.45, 7) is 3.50. The monoisotopic (exact) mass is 284 g/mol. The van der Waals surface area contributed by atoms with Crippen molar-refractivity contribution in [3.63, 3.8) is 0 Å². The maximum Gasteiger partial charge on any atom is 0.326 e. The number of likely N-dealkylation sites (N-methyl/N-ethyl adjacent to an activating group) is 1. The van der Waals surface area contributed by atoms with Crippen molar-refractivity contribution >= 4 is 11.9 Å². The minimum absolute atomic E-state index is 0.0131. The molecule has 1 amide bonds. The van der Waals surface area contributed by atoms with Crippen LogP contribution in [0.4, 0.5) is 0 Å². The summed E-state index contributed by atoms with van der Waals surface area (Å²) in [5.41, 5.74) is 0. The van der Waals surface area contributed by atoms with E-state index < -0.39 is 12.0 Å². The zero-order valence-corrected chi connectivity index (χ0v) is 12.2. The number of amides is 1. The van der Waals surface area contributed by atoms with E-state index in [1.165, 1.54) is 0 Å². The van der Waals surface area contributed by atoms with Crippen molar-refractivity contribution in [2.75, 3.05) is 26.8 Å². The number of aliphatic carboxylic acids is 1. The first-order valence-corrected chi connectivity index (χ1v) is 7.36. The maximum absolute atomic E-state index is 12.6. The van der Waals surface area contributed by atoms with Crippen LogP contribution >= 0.6 is 0 Å². The van der Waals surface area contributed by atoms with Gasteiger partial charge in [-0.15, -0.1) is 0 Å². The minimum atomic E-state index is -0.892. The smallest absolute Gasteiger partial charge is 0.326 e. The molecule has 114 valence electrons. The molecule has 4 unspecified atom stereocenters. The lowest BCUT2D eigenvalue weighted by atomic mass is 9.87. The molecule has 2 aliphatic heterocycles. The van der Waals surface area contributed by atoms with Gasteiger partial charge in [-0.3, -0.25) is 4.79 Å². The Morgan fingerprint density at radius 1 is 1.40 bits per heavy atom. The van der Waals surface area contributed by atoms with E-state index in [2.05, 4.69) is 12.2 Å². The summed E-state index contributed by atoms with van der Waals surface area (Å²) in [5, 5.41) is 12.5. The van der Waals surface area contributed by atoms with Crippen LogP contribution in [0, 0.1) is 11.8 Å². The molecule has 2 fully saturated rings. The molecule has 0 radical (unpaired) electrons. The van der Waals surface area contributed by atoms with Gasteiger partial charge in [-0.25, -0.2) is 4.79 Å². The normalized spacial score (nSPS) is 34.2. The number of ether oxygens (including phenoxy) is 1. The fourth-order valence-electron chi connectivity index (χ4n) is 3.20. The van der Waals surface area contributed by atoms with Crippen molar-refractivity contribution in [1.82, 2.24) is 10.2 Å². The molecule has 2 heterocycles. The van der Waals surface area contributed by atoms with Crippen molar-refractivity contribution in [2.24, 2.45) is 11.8 Å². The van der Waals surface area contributed by atoms with Crippen molar-refractivity contribution in [3.8, 4) is 0 Å². The number of piperidine rings is 1. The van der Waals surface area contributed by atoms with E-state index in [4.69, 9.17) is 4.74 Å². The highest BCUT2D eigenvalue weighted by Crippen LogP contribution is 2.28. The Morgan fingerprint density at radius 2 is 2.15 bits per heavy atom. The molecular weight excluding hydrogens is 260 g/mol. The Morgan fingerprint density at radius 3 is 2.75 bits per heavy atom. The fraction of sp³-hybridized carbons (Fsp3) is 0.857. The second-order valence-electron chi connectivity index (χ2n) is 5.72. The molecule has 6 heteroatoms. The number of carboxylic acid groups (broad SMARTS) is 1. The highest BCUT2D eigenvalue weighted by Gasteiger charge is 2.42. The van der Waals surface area contributed by atoms with E-state index in [0.717, 1.165) is 12.8 Å². The standard InChI is InChI=1S/C14H24N2O4/c1-3-9-4-5-16(12(6-9)14(18)19)13(17)10-7-20-8-11(10)15-2/h9-12,15H,3-8H2,1-2H3,(H,18,19). The maximum atomic E-state index is 12.6. The van der Waals surface area contributed by atoms with Gasteiger partial charge in [-0.2, -0.15) is 0 Å². The number of nitrogens with zero attached hydrogens (tertiary/aromatic N) is 1. The zero-order chi connectivity index (χ0) is 14.7. The molecule has 6 nitrogen and oxygen atoms in total. The number of rotatable bonds is 4. The first-order valence-electron chi connectivity index (χ1n) is 7.36. The van der Waals surface area contributed by atoms with E-state index in [9.17, 15) is 14.7 Å². The third-order valence-corrected chi connectivity index (χ3v) is 4.63. The van der Waals surface area contributed by atoms with Crippen molar-refractivity contribution in [3.05, 3.63) is 0 Å². The van der Waals surface area contributed by atoms with Crippen molar-refractivity contribution < 1.29 is 19.4 Å². The van der Waals surface area contributed by atoms with Crippen LogP contribution in [0.15, 0.2) is 0 Å². The fourth-order valence-corrected chi connectivity index (χ4v) is 3.20. The van der Waals surface area contributed by atoms with Gasteiger partial charge in [0.25, 0.3) is 0 Å². The van der Waals surface area contributed by atoms with E-state index in [1.807, 2.05) is 0 Å². The zero-order valence-electron chi connectivity index (χ0n) is 12.2. The van der Waals surface area contributed by atoms with Crippen LogP contribution in [0.2, 0.25) is 0 Å². The predicted molar refractivity (Wildman–Crippen MR) is 73.3 cm³/mol. The molecule has 0 aromatic heterocycles. The van der Waals surface area contributed by atoms with Gasteiger partial charge in [-0.05, 0) is 25.8 Å². The van der Waals surface area contributed by atoms with Crippen molar-refractivity contribution in [2.45, 2.75) is 38.3 Å². The number of carboxylic acids is 1. The van der Waals surface area contributed by atoms with Gasteiger partial charge < -0.3 is 20.1 Å². The Balaban J connectivity index is 2.09. The molecule has 20 heavy (non-hydrogen) atoms. The molecule has 0 saturated carbocycles. The van der Waals surface area contributed by atoms with Crippen LogP contribution in [-0.2, 0) is 14.3 Å². The molecular formula is C14H24N2O4. The van der Waals surface area contributed by atoms with Crippen LogP contribution in [0.1, 0.15) is 26.2 Å². The van der Waals surface area contributed by atoms with Gasteiger partial charge in [0.1, 0.15) is 6.04 Å². The second kappa shape index (κ2) is 6.54. The number of likely N-dealkylation sites (tertiary alicyclic amines) is 1. The van der Waals surface area contributed by atoms with Gasteiger partial charge >= 0.3 is 5.97 Å². The highest BCUT2D eigenvalue weighted by atomic mass is 16.5. The van der Waals surface area contributed by atoms with E-state index in [0.29, 0.717) is 32.1 Å². The lowest BCUT2D eigenvalue weighted by molar-refractivity contribution is -0.155. The summed E-state index contributed by atoms with van der Waals surface area (Å²) in [5.74, 6) is -0.833. The Hall–Kier alpha value is -1.14. The molecule has 0 aliphatic carbocycles.